The van der Waals surface area contributed by atoms with Crippen molar-refractivity contribution >= 4 is 16.7 Å². The van der Waals surface area contributed by atoms with Crippen LogP contribution in [0.3, 0.4) is 0 Å². The molecule has 0 saturated heterocycles. The van der Waals surface area contributed by atoms with E-state index in [2.05, 4.69) is 205 Å². The van der Waals surface area contributed by atoms with Crippen LogP contribution in [0.25, 0.3) is 61.2 Å². The van der Waals surface area contributed by atoms with E-state index in [1.807, 2.05) is 13.0 Å². The van der Waals surface area contributed by atoms with Gasteiger partial charge in [0.05, 0.1) is 0 Å². The van der Waals surface area contributed by atoms with E-state index in [1.54, 1.807) is 6.08 Å². The average molecular weight is 805 g/mol. The molecule has 1 aliphatic heterocycles. The lowest BCUT2D eigenvalue weighted by atomic mass is 9.89. The molecule has 0 radical (unpaired) electrons. The third kappa shape index (κ3) is 8.24. The van der Waals surface area contributed by atoms with E-state index in [4.69, 9.17) is 4.74 Å². The number of fused-ring (bicyclic) bond motifs is 3. The number of aryl methyl sites for hydroxylation is 2. The summed E-state index contributed by atoms with van der Waals surface area (Å²) in [5, 5.41) is 0. The minimum atomic E-state index is 0.541. The molecule has 0 bridgehead atoms. The van der Waals surface area contributed by atoms with Crippen molar-refractivity contribution in [3.8, 4) is 44.5 Å². The van der Waals surface area contributed by atoms with E-state index in [0.717, 1.165) is 47.3 Å². The minimum absolute atomic E-state index is 0.541. The van der Waals surface area contributed by atoms with Crippen molar-refractivity contribution in [1.82, 2.24) is 0 Å². The van der Waals surface area contributed by atoms with Crippen LogP contribution >= 0.6 is 0 Å². The van der Waals surface area contributed by atoms with E-state index < -0.39 is 0 Å². The van der Waals surface area contributed by atoms with E-state index in [0.29, 0.717) is 6.61 Å². The van der Waals surface area contributed by atoms with E-state index >= 15 is 0 Å². The van der Waals surface area contributed by atoms with Crippen molar-refractivity contribution in [3.63, 3.8) is 0 Å². The van der Waals surface area contributed by atoms with Crippen molar-refractivity contribution in [1.29, 1.82) is 0 Å². The smallest absolute Gasteiger partial charge is 0.126 e. The van der Waals surface area contributed by atoms with Gasteiger partial charge in [0, 0.05) is 11.1 Å². The van der Waals surface area contributed by atoms with Crippen molar-refractivity contribution < 1.29 is 4.74 Å². The molecule has 8 rings (SSSR count). The molecule has 0 amide bonds. The predicted molar refractivity (Wildman–Crippen MR) is 268 cm³/mol. The van der Waals surface area contributed by atoms with Crippen LogP contribution in [0.5, 0.6) is 0 Å². The fourth-order valence-electron chi connectivity index (χ4n) is 9.27. The van der Waals surface area contributed by atoms with Gasteiger partial charge in [-0.15, -0.1) is 0 Å². The molecule has 0 spiro atoms. The third-order valence-electron chi connectivity index (χ3n) is 12.4. The van der Waals surface area contributed by atoms with Crippen LogP contribution < -0.4 is 0 Å². The molecule has 0 atom stereocenters. The van der Waals surface area contributed by atoms with E-state index in [-0.39, 0.29) is 0 Å². The highest BCUT2D eigenvalue weighted by molar-refractivity contribution is 5.93. The molecule has 0 unspecified atom stereocenters. The Labute approximate surface area is 369 Å². The molecule has 62 heavy (non-hydrogen) atoms. The van der Waals surface area contributed by atoms with Gasteiger partial charge in [-0.05, 0) is 177 Å². The zero-order valence-corrected chi connectivity index (χ0v) is 36.9. The Hall–Kier alpha value is -6.96. The summed E-state index contributed by atoms with van der Waals surface area (Å²) in [6, 6.07) is 47.3. The molecule has 1 heterocycles. The molecule has 0 aromatic heterocycles. The van der Waals surface area contributed by atoms with Crippen molar-refractivity contribution in [2.24, 2.45) is 0 Å². The second-order valence-electron chi connectivity index (χ2n) is 16.2. The predicted octanol–water partition coefficient (Wildman–Crippen LogP) is 16.6. The number of allylic oxidation sites excluding steroid dienone is 11. The molecule has 0 N–H and O–H groups in total. The molecular formula is C61H56O. The summed E-state index contributed by atoms with van der Waals surface area (Å²) in [6.45, 7) is 19.6. The van der Waals surface area contributed by atoms with E-state index in [1.165, 1.54) is 89.0 Å². The number of rotatable bonds is 13. The van der Waals surface area contributed by atoms with Gasteiger partial charge >= 0.3 is 0 Å². The average Bonchev–Trinajstić information content (AvgIpc) is 3.90. The fourth-order valence-corrected chi connectivity index (χ4v) is 9.27. The zero-order valence-electron chi connectivity index (χ0n) is 36.9. The first-order valence-electron chi connectivity index (χ1n) is 22.0. The largest absolute Gasteiger partial charge is 0.488 e. The fraction of sp³-hybridized carbons (Fsp3) is 0.148. The molecule has 306 valence electrons. The highest BCUT2D eigenvalue weighted by Crippen LogP contribution is 2.46. The van der Waals surface area contributed by atoms with Gasteiger partial charge in [-0.2, -0.15) is 0 Å². The maximum Gasteiger partial charge on any atom is 0.126 e. The first kappa shape index (κ1) is 41.8. The Morgan fingerprint density at radius 2 is 1.21 bits per heavy atom. The van der Waals surface area contributed by atoms with Gasteiger partial charge in [-0.25, -0.2) is 0 Å². The first-order valence-corrected chi connectivity index (χ1v) is 22.0. The zero-order chi connectivity index (χ0) is 43.2. The third-order valence-corrected chi connectivity index (χ3v) is 12.4. The van der Waals surface area contributed by atoms with Crippen molar-refractivity contribution in [3.05, 3.63) is 245 Å². The van der Waals surface area contributed by atoms with Crippen LogP contribution in [0.15, 0.2) is 206 Å². The number of ether oxygens (including phenoxy) is 1. The summed E-state index contributed by atoms with van der Waals surface area (Å²) in [5.41, 5.74) is 24.9. The van der Waals surface area contributed by atoms with Crippen LogP contribution in [0.1, 0.15) is 73.1 Å². The van der Waals surface area contributed by atoms with Gasteiger partial charge < -0.3 is 4.74 Å². The van der Waals surface area contributed by atoms with Crippen molar-refractivity contribution in [2.45, 2.75) is 53.9 Å². The maximum absolute atomic E-state index is 5.97. The highest BCUT2D eigenvalue weighted by Gasteiger charge is 2.25. The monoisotopic (exact) mass is 804 g/mol. The second-order valence-corrected chi connectivity index (χ2v) is 16.2. The lowest BCUT2D eigenvalue weighted by Crippen LogP contribution is -1.94. The standard InChI is InChI=1S/C61H56O/c1-8-20-45-32-33-48(38-58(45)52-27-15-14-22-41(52)7)43(11-4)34-42(10-3)46-23-16-25-49(36-46)53-28-18-30-56-57-31-19-29-54(60(57)39-59(53)56)50-26-17-24-47(37-50)44(12-5)35-51-40-62-61(13-6)55(51)21-9-2/h9-19,21-38H,3,6,8,20,39-40H2,1-2,4-5,7H3/b21-9-,42-34+,43-11+,44-12+,51-35+. The second kappa shape index (κ2) is 18.8. The van der Waals surface area contributed by atoms with Gasteiger partial charge in [0.2, 0.25) is 0 Å². The van der Waals surface area contributed by atoms with Crippen LogP contribution in [0.4, 0.5) is 0 Å². The Morgan fingerprint density at radius 3 is 1.81 bits per heavy atom. The molecule has 0 fully saturated rings. The lowest BCUT2D eigenvalue weighted by Gasteiger charge is -2.15. The summed E-state index contributed by atoms with van der Waals surface area (Å²) in [6.07, 6.45) is 20.0. The van der Waals surface area contributed by atoms with Gasteiger partial charge in [0.25, 0.3) is 0 Å². The Bertz CT molecular complexity index is 2900. The molecule has 1 aliphatic carbocycles. The molecular weight excluding hydrogens is 749 g/mol. The Morgan fingerprint density at radius 1 is 0.613 bits per heavy atom. The topological polar surface area (TPSA) is 9.23 Å². The molecule has 6 aromatic carbocycles. The summed E-state index contributed by atoms with van der Waals surface area (Å²) in [7, 11) is 0. The summed E-state index contributed by atoms with van der Waals surface area (Å²) in [5.74, 6) is 0.834. The SMILES string of the molecule is C=CC1=C(/C=C\C)/C(=C/C(=C\C)c2cccc(-c3cccc4c3Cc3c(-c5cccc(/C(C=C)=C/C(=C\C)c6ccc(CCC)c(-c7ccccc7C)c6)c5)cccc3-4)c2)CO1. The molecule has 2 aliphatic rings. The van der Waals surface area contributed by atoms with Crippen LogP contribution in [0.2, 0.25) is 0 Å². The maximum atomic E-state index is 5.97. The van der Waals surface area contributed by atoms with Gasteiger partial charge in [-0.1, -0.05) is 166 Å². The lowest BCUT2D eigenvalue weighted by molar-refractivity contribution is 0.274. The van der Waals surface area contributed by atoms with Crippen LogP contribution in [-0.2, 0) is 17.6 Å². The minimum Gasteiger partial charge on any atom is -0.488 e. The van der Waals surface area contributed by atoms with Gasteiger partial charge in [-0.3, -0.25) is 0 Å². The number of benzene rings is 6. The molecule has 1 heteroatoms. The Balaban J connectivity index is 1.11. The normalized spacial score (nSPS) is 14.7. The Kier molecular flexibility index (Phi) is 12.6. The number of hydrogen-bond acceptors (Lipinski definition) is 1. The first-order chi connectivity index (χ1) is 30.4. The highest BCUT2D eigenvalue weighted by atomic mass is 16.5. The summed E-state index contributed by atoms with van der Waals surface area (Å²) < 4.78 is 5.97. The summed E-state index contributed by atoms with van der Waals surface area (Å²) >= 11 is 0. The molecule has 1 nitrogen and oxygen atoms in total. The molecule has 0 saturated carbocycles. The van der Waals surface area contributed by atoms with Crippen LogP contribution in [-0.4, -0.2) is 6.61 Å². The number of hydrogen-bond donors (Lipinski definition) is 0. The summed E-state index contributed by atoms with van der Waals surface area (Å²) in [4.78, 5) is 0. The van der Waals surface area contributed by atoms with Gasteiger partial charge in [0.1, 0.15) is 12.4 Å². The van der Waals surface area contributed by atoms with E-state index in [9.17, 15) is 0 Å². The van der Waals surface area contributed by atoms with Crippen LogP contribution in [0, 0.1) is 6.92 Å². The molecule has 6 aromatic rings. The van der Waals surface area contributed by atoms with Gasteiger partial charge in [0.15, 0.2) is 0 Å². The van der Waals surface area contributed by atoms with Crippen molar-refractivity contribution in [2.75, 3.05) is 6.61 Å². The quantitative estimate of drug-likeness (QED) is 0.106.